The van der Waals surface area contributed by atoms with Crippen molar-refractivity contribution in [2.45, 2.75) is 25.2 Å². The van der Waals surface area contributed by atoms with Crippen LogP contribution in [0.2, 0.25) is 0 Å². The molecule has 1 saturated carbocycles. The Balaban J connectivity index is 1.73. The second-order valence-corrected chi connectivity index (χ2v) is 5.73. The van der Waals surface area contributed by atoms with Crippen molar-refractivity contribution in [1.82, 2.24) is 14.9 Å². The summed E-state index contributed by atoms with van der Waals surface area (Å²) in [5, 5.41) is 0. The molecular formula is C14H23N5O. The zero-order chi connectivity index (χ0) is 13.9. The maximum Gasteiger partial charge on any atom is 0.252 e. The lowest BCUT2D eigenvalue weighted by Gasteiger charge is -2.22. The highest BCUT2D eigenvalue weighted by Gasteiger charge is 2.27. The average molecular weight is 277 g/mol. The molecule has 0 bridgehead atoms. The third-order valence-electron chi connectivity index (χ3n) is 4.07. The standard InChI is InChI=1S/C14H23N5O/c15-4-7-18-5-1-6-19(9-8-18)12-10-13(20)17-14(16-12)11-2-3-11/h10-11H,1-9,15H2,(H,16,17,20). The van der Waals surface area contributed by atoms with Crippen LogP contribution in [0.15, 0.2) is 10.9 Å². The highest BCUT2D eigenvalue weighted by molar-refractivity contribution is 5.38. The molecule has 2 fully saturated rings. The van der Waals surface area contributed by atoms with Crippen molar-refractivity contribution in [3.63, 3.8) is 0 Å². The number of aromatic amines is 1. The first-order chi connectivity index (χ1) is 9.76. The summed E-state index contributed by atoms with van der Waals surface area (Å²) in [5.41, 5.74) is 5.60. The Labute approximate surface area is 119 Å². The van der Waals surface area contributed by atoms with Crippen molar-refractivity contribution >= 4 is 5.82 Å². The van der Waals surface area contributed by atoms with Gasteiger partial charge in [-0.15, -0.1) is 0 Å². The molecule has 1 saturated heterocycles. The van der Waals surface area contributed by atoms with E-state index in [0.717, 1.165) is 63.6 Å². The third kappa shape index (κ3) is 3.19. The van der Waals surface area contributed by atoms with Crippen molar-refractivity contribution in [2.24, 2.45) is 5.73 Å². The average Bonchev–Trinajstić information content (AvgIpc) is 3.26. The van der Waals surface area contributed by atoms with E-state index in [-0.39, 0.29) is 5.56 Å². The number of H-pyrrole nitrogens is 1. The van der Waals surface area contributed by atoms with Crippen LogP contribution in [-0.2, 0) is 0 Å². The molecule has 6 heteroatoms. The topological polar surface area (TPSA) is 78.2 Å². The van der Waals surface area contributed by atoms with Crippen molar-refractivity contribution in [3.05, 3.63) is 22.2 Å². The molecule has 1 aromatic heterocycles. The van der Waals surface area contributed by atoms with Crippen molar-refractivity contribution in [1.29, 1.82) is 0 Å². The van der Waals surface area contributed by atoms with Gasteiger partial charge in [-0.25, -0.2) is 4.98 Å². The fourth-order valence-corrected chi connectivity index (χ4v) is 2.78. The molecule has 0 unspecified atom stereocenters. The van der Waals surface area contributed by atoms with Crippen LogP contribution in [0.1, 0.15) is 31.0 Å². The highest BCUT2D eigenvalue weighted by Crippen LogP contribution is 2.37. The van der Waals surface area contributed by atoms with E-state index in [2.05, 4.69) is 19.8 Å². The van der Waals surface area contributed by atoms with Gasteiger partial charge in [-0.3, -0.25) is 4.79 Å². The smallest absolute Gasteiger partial charge is 0.252 e. The quantitative estimate of drug-likeness (QED) is 0.817. The lowest BCUT2D eigenvalue weighted by atomic mass is 10.3. The third-order valence-corrected chi connectivity index (χ3v) is 4.07. The summed E-state index contributed by atoms with van der Waals surface area (Å²) in [5.74, 6) is 2.18. The van der Waals surface area contributed by atoms with E-state index in [1.165, 1.54) is 0 Å². The zero-order valence-corrected chi connectivity index (χ0v) is 11.8. The molecule has 0 aromatic carbocycles. The van der Waals surface area contributed by atoms with Crippen molar-refractivity contribution < 1.29 is 0 Å². The number of nitrogens with two attached hydrogens (primary N) is 1. The molecule has 3 rings (SSSR count). The van der Waals surface area contributed by atoms with Crippen molar-refractivity contribution in [3.8, 4) is 0 Å². The summed E-state index contributed by atoms with van der Waals surface area (Å²) in [7, 11) is 0. The van der Waals surface area contributed by atoms with Gasteiger partial charge < -0.3 is 20.5 Å². The molecular weight excluding hydrogens is 254 g/mol. The Morgan fingerprint density at radius 3 is 2.90 bits per heavy atom. The van der Waals surface area contributed by atoms with E-state index in [0.29, 0.717) is 12.5 Å². The monoisotopic (exact) mass is 277 g/mol. The second-order valence-electron chi connectivity index (χ2n) is 5.73. The highest BCUT2D eigenvalue weighted by atomic mass is 16.1. The molecule has 20 heavy (non-hydrogen) atoms. The molecule has 2 heterocycles. The lowest BCUT2D eigenvalue weighted by molar-refractivity contribution is 0.302. The fourth-order valence-electron chi connectivity index (χ4n) is 2.78. The van der Waals surface area contributed by atoms with Crippen LogP contribution in [0.3, 0.4) is 0 Å². The van der Waals surface area contributed by atoms with Crippen LogP contribution in [0.5, 0.6) is 0 Å². The van der Waals surface area contributed by atoms with Crippen LogP contribution >= 0.6 is 0 Å². The Kier molecular flexibility index (Phi) is 4.03. The molecule has 0 atom stereocenters. The maximum absolute atomic E-state index is 11.8. The van der Waals surface area contributed by atoms with Crippen LogP contribution < -0.4 is 16.2 Å². The molecule has 3 N–H and O–H groups in total. The van der Waals surface area contributed by atoms with Gasteiger partial charge in [0.1, 0.15) is 11.6 Å². The van der Waals surface area contributed by atoms with E-state index in [4.69, 9.17) is 5.73 Å². The Bertz CT molecular complexity index is 511. The van der Waals surface area contributed by atoms with E-state index in [1.807, 2.05) is 0 Å². The van der Waals surface area contributed by atoms with Gasteiger partial charge in [0.15, 0.2) is 0 Å². The van der Waals surface area contributed by atoms with Gasteiger partial charge in [0.25, 0.3) is 5.56 Å². The molecule has 0 spiro atoms. The van der Waals surface area contributed by atoms with Gasteiger partial charge in [-0.2, -0.15) is 0 Å². The summed E-state index contributed by atoms with van der Waals surface area (Å²) in [6.45, 7) is 5.60. The summed E-state index contributed by atoms with van der Waals surface area (Å²) >= 11 is 0. The fraction of sp³-hybridized carbons (Fsp3) is 0.714. The predicted octanol–water partition coefficient (Wildman–Crippen LogP) is 0.118. The number of anilines is 1. The minimum Gasteiger partial charge on any atom is -0.355 e. The molecule has 110 valence electrons. The molecule has 2 aliphatic rings. The SMILES string of the molecule is NCCN1CCCN(c2cc(=O)[nH]c(C3CC3)n2)CC1. The van der Waals surface area contributed by atoms with Gasteiger partial charge in [0.05, 0.1) is 0 Å². The van der Waals surface area contributed by atoms with E-state index >= 15 is 0 Å². The number of nitrogens with one attached hydrogen (secondary N) is 1. The Hall–Kier alpha value is -1.40. The van der Waals surface area contributed by atoms with Crippen molar-refractivity contribution in [2.75, 3.05) is 44.2 Å². The number of nitrogens with zero attached hydrogens (tertiary/aromatic N) is 3. The van der Waals surface area contributed by atoms with E-state index in [1.54, 1.807) is 6.07 Å². The predicted molar refractivity (Wildman–Crippen MR) is 79.2 cm³/mol. The minimum atomic E-state index is -0.0278. The molecule has 6 nitrogen and oxygen atoms in total. The molecule has 1 aliphatic heterocycles. The van der Waals surface area contributed by atoms with Gasteiger partial charge in [-0.1, -0.05) is 0 Å². The molecule has 0 amide bonds. The lowest BCUT2D eigenvalue weighted by Crippen LogP contribution is -2.34. The zero-order valence-electron chi connectivity index (χ0n) is 11.8. The first kappa shape index (κ1) is 13.6. The van der Waals surface area contributed by atoms with Crippen LogP contribution in [0.4, 0.5) is 5.82 Å². The Morgan fingerprint density at radius 1 is 1.30 bits per heavy atom. The number of rotatable bonds is 4. The van der Waals surface area contributed by atoms with Crippen LogP contribution in [0.25, 0.3) is 0 Å². The van der Waals surface area contributed by atoms with Gasteiger partial charge in [0, 0.05) is 44.7 Å². The van der Waals surface area contributed by atoms with E-state index in [9.17, 15) is 4.79 Å². The Morgan fingerprint density at radius 2 is 2.15 bits per heavy atom. The normalized spacial score (nSPS) is 20.9. The summed E-state index contributed by atoms with van der Waals surface area (Å²) in [4.78, 5) is 23.9. The minimum absolute atomic E-state index is 0.0278. The first-order valence-corrected chi connectivity index (χ1v) is 7.55. The van der Waals surface area contributed by atoms with Crippen LogP contribution in [-0.4, -0.2) is 54.1 Å². The van der Waals surface area contributed by atoms with Gasteiger partial charge in [0.2, 0.25) is 0 Å². The number of hydrogen-bond acceptors (Lipinski definition) is 5. The summed E-state index contributed by atoms with van der Waals surface area (Å²) in [6.07, 6.45) is 3.39. The largest absolute Gasteiger partial charge is 0.355 e. The summed E-state index contributed by atoms with van der Waals surface area (Å²) in [6, 6.07) is 1.63. The maximum atomic E-state index is 11.8. The van der Waals surface area contributed by atoms with E-state index < -0.39 is 0 Å². The van der Waals surface area contributed by atoms with Gasteiger partial charge >= 0.3 is 0 Å². The number of hydrogen-bond donors (Lipinski definition) is 2. The molecule has 1 aliphatic carbocycles. The molecule has 1 aromatic rings. The van der Waals surface area contributed by atoms with Crippen LogP contribution in [0, 0.1) is 0 Å². The summed E-state index contributed by atoms with van der Waals surface area (Å²) < 4.78 is 0. The first-order valence-electron chi connectivity index (χ1n) is 7.55. The molecule has 0 radical (unpaired) electrons. The number of aromatic nitrogens is 2. The van der Waals surface area contributed by atoms with Gasteiger partial charge in [-0.05, 0) is 25.8 Å². The second kappa shape index (κ2) is 5.93.